The Labute approximate surface area is 128 Å². The van der Waals surface area contributed by atoms with Gasteiger partial charge in [0.15, 0.2) is 0 Å². The van der Waals surface area contributed by atoms with Crippen LogP contribution in [0.4, 0.5) is 0 Å². The van der Waals surface area contributed by atoms with Crippen molar-refractivity contribution in [2.24, 2.45) is 5.73 Å². The van der Waals surface area contributed by atoms with Gasteiger partial charge in [0.25, 0.3) is 0 Å². The number of aryl methyl sites for hydroxylation is 1. The molecule has 1 fully saturated rings. The van der Waals surface area contributed by atoms with Crippen LogP contribution >= 0.6 is 0 Å². The topological polar surface area (TPSA) is 44.5 Å². The van der Waals surface area contributed by atoms with Crippen molar-refractivity contribution in [3.63, 3.8) is 0 Å². The predicted octanol–water partition coefficient (Wildman–Crippen LogP) is 3.57. The molecule has 3 heteroatoms. The smallest absolute Gasteiger partial charge is 0.128 e. The van der Waals surface area contributed by atoms with Gasteiger partial charge in [0.05, 0.1) is 0 Å². The van der Waals surface area contributed by atoms with Crippen molar-refractivity contribution in [3.8, 4) is 5.75 Å². The highest BCUT2D eigenvalue weighted by molar-refractivity contribution is 5.41. The lowest BCUT2D eigenvalue weighted by Gasteiger charge is -2.42. The summed E-state index contributed by atoms with van der Waals surface area (Å²) in [7, 11) is 0. The van der Waals surface area contributed by atoms with E-state index in [2.05, 4.69) is 52.8 Å². The molecule has 3 unspecified atom stereocenters. The Hall–Kier alpha value is -1.06. The molecule has 3 nitrogen and oxygen atoms in total. The molecule has 2 N–H and O–H groups in total. The van der Waals surface area contributed by atoms with Gasteiger partial charge in [-0.15, -0.1) is 0 Å². The Balaban J connectivity index is 2.14. The Kier molecular flexibility index (Phi) is 4.95. The first-order chi connectivity index (χ1) is 9.82. The number of nitrogens with two attached hydrogens (primary N) is 1. The van der Waals surface area contributed by atoms with Crippen molar-refractivity contribution < 1.29 is 9.47 Å². The third-order valence-electron chi connectivity index (χ3n) is 4.03. The fourth-order valence-corrected chi connectivity index (χ4v) is 2.73. The standard InChI is InChI=1S/C18H29NO2/c1-6-9-20-17-14(19)11-16(17)21-15-10-12(2)7-8-13(15)18(3,4)5/h7-8,10,14,16-17H,6,9,11,19H2,1-5H3. The van der Waals surface area contributed by atoms with Crippen LogP contribution in [0, 0.1) is 6.92 Å². The Bertz CT molecular complexity index is 479. The third kappa shape index (κ3) is 3.78. The maximum Gasteiger partial charge on any atom is 0.128 e. The van der Waals surface area contributed by atoms with Gasteiger partial charge in [-0.3, -0.25) is 0 Å². The van der Waals surface area contributed by atoms with Gasteiger partial charge in [0, 0.05) is 19.1 Å². The molecular weight excluding hydrogens is 262 g/mol. The first kappa shape index (κ1) is 16.3. The lowest BCUT2D eigenvalue weighted by atomic mass is 9.84. The van der Waals surface area contributed by atoms with Crippen LogP contribution in [0.3, 0.4) is 0 Å². The summed E-state index contributed by atoms with van der Waals surface area (Å²) >= 11 is 0. The minimum atomic E-state index is 0.0262. The zero-order chi connectivity index (χ0) is 15.6. The molecule has 0 bridgehead atoms. The molecule has 2 rings (SSSR count). The van der Waals surface area contributed by atoms with Crippen LogP contribution in [0.5, 0.6) is 5.75 Å². The highest BCUT2D eigenvalue weighted by atomic mass is 16.5. The van der Waals surface area contributed by atoms with Gasteiger partial charge in [-0.2, -0.15) is 0 Å². The summed E-state index contributed by atoms with van der Waals surface area (Å²) in [5, 5.41) is 0. The highest BCUT2D eigenvalue weighted by Gasteiger charge is 2.42. The lowest BCUT2D eigenvalue weighted by molar-refractivity contribution is -0.0984. The Morgan fingerprint density at radius 3 is 2.57 bits per heavy atom. The second kappa shape index (κ2) is 6.37. The quantitative estimate of drug-likeness (QED) is 0.902. The van der Waals surface area contributed by atoms with Crippen LogP contribution in [0.15, 0.2) is 18.2 Å². The van der Waals surface area contributed by atoms with E-state index < -0.39 is 0 Å². The first-order valence-electron chi connectivity index (χ1n) is 7.98. The molecule has 0 aromatic heterocycles. The fourth-order valence-electron chi connectivity index (χ4n) is 2.73. The maximum atomic E-state index is 6.26. The van der Waals surface area contributed by atoms with Gasteiger partial charge in [-0.05, 0) is 36.0 Å². The van der Waals surface area contributed by atoms with Crippen LogP contribution in [-0.4, -0.2) is 24.9 Å². The molecule has 21 heavy (non-hydrogen) atoms. The van der Waals surface area contributed by atoms with E-state index in [0.717, 1.165) is 25.2 Å². The molecule has 0 saturated heterocycles. The average Bonchev–Trinajstić information content (AvgIpc) is 2.37. The van der Waals surface area contributed by atoms with E-state index in [9.17, 15) is 0 Å². The molecule has 1 aromatic carbocycles. The number of hydrogen-bond donors (Lipinski definition) is 1. The molecule has 0 aliphatic heterocycles. The van der Waals surface area contributed by atoms with E-state index >= 15 is 0 Å². The van der Waals surface area contributed by atoms with Gasteiger partial charge in [0.2, 0.25) is 0 Å². The van der Waals surface area contributed by atoms with Crippen LogP contribution in [0.25, 0.3) is 0 Å². The first-order valence-corrected chi connectivity index (χ1v) is 7.98. The Morgan fingerprint density at radius 2 is 2.00 bits per heavy atom. The zero-order valence-corrected chi connectivity index (χ0v) is 14.0. The number of hydrogen-bond acceptors (Lipinski definition) is 3. The SMILES string of the molecule is CCCOC1C(N)CC1Oc1cc(C)ccc1C(C)(C)C. The summed E-state index contributed by atoms with van der Waals surface area (Å²) in [6, 6.07) is 6.54. The van der Waals surface area contributed by atoms with Crippen molar-refractivity contribution in [2.45, 2.75) is 71.1 Å². The molecule has 118 valence electrons. The van der Waals surface area contributed by atoms with Crippen molar-refractivity contribution in [3.05, 3.63) is 29.3 Å². The molecule has 0 heterocycles. The average molecular weight is 291 g/mol. The van der Waals surface area contributed by atoms with E-state index in [4.69, 9.17) is 15.2 Å². The third-order valence-corrected chi connectivity index (χ3v) is 4.03. The predicted molar refractivity (Wildman–Crippen MR) is 86.9 cm³/mol. The van der Waals surface area contributed by atoms with E-state index in [1.54, 1.807) is 0 Å². The van der Waals surface area contributed by atoms with Gasteiger partial charge < -0.3 is 15.2 Å². The summed E-state index contributed by atoms with van der Waals surface area (Å²) < 4.78 is 12.1. The molecule has 3 atom stereocenters. The second-order valence-electron chi connectivity index (χ2n) is 7.14. The Morgan fingerprint density at radius 1 is 1.29 bits per heavy atom. The van der Waals surface area contributed by atoms with Crippen LogP contribution < -0.4 is 10.5 Å². The zero-order valence-electron chi connectivity index (χ0n) is 14.0. The molecule has 0 amide bonds. The molecule has 1 aliphatic rings. The van der Waals surface area contributed by atoms with Gasteiger partial charge in [-0.1, -0.05) is 39.8 Å². The summed E-state index contributed by atoms with van der Waals surface area (Å²) in [6.07, 6.45) is 1.98. The highest BCUT2D eigenvalue weighted by Crippen LogP contribution is 2.35. The maximum absolute atomic E-state index is 6.26. The minimum absolute atomic E-state index is 0.0262. The van der Waals surface area contributed by atoms with E-state index in [1.807, 2.05) is 0 Å². The molecule has 0 spiro atoms. The normalized spacial score (nSPS) is 25.5. The molecule has 1 aliphatic carbocycles. The number of ether oxygens (including phenoxy) is 2. The van der Waals surface area contributed by atoms with Crippen molar-refractivity contribution >= 4 is 0 Å². The number of rotatable bonds is 5. The van der Waals surface area contributed by atoms with Crippen LogP contribution in [0.2, 0.25) is 0 Å². The lowest BCUT2D eigenvalue weighted by Crippen LogP contribution is -2.59. The number of benzene rings is 1. The molecular formula is C18H29NO2. The summed E-state index contributed by atoms with van der Waals surface area (Å²) in [4.78, 5) is 0. The van der Waals surface area contributed by atoms with Crippen molar-refractivity contribution in [2.75, 3.05) is 6.61 Å². The molecule has 0 radical (unpaired) electrons. The van der Waals surface area contributed by atoms with Crippen molar-refractivity contribution in [1.29, 1.82) is 0 Å². The summed E-state index contributed by atoms with van der Waals surface area (Å²) in [5.74, 6) is 0.976. The monoisotopic (exact) mass is 291 g/mol. The van der Waals surface area contributed by atoms with E-state index in [1.165, 1.54) is 11.1 Å². The molecule has 1 saturated carbocycles. The summed E-state index contributed by atoms with van der Waals surface area (Å²) in [6.45, 7) is 11.6. The van der Waals surface area contributed by atoms with E-state index in [-0.39, 0.29) is 23.7 Å². The van der Waals surface area contributed by atoms with Crippen LogP contribution in [-0.2, 0) is 10.2 Å². The largest absolute Gasteiger partial charge is 0.487 e. The fraction of sp³-hybridized carbons (Fsp3) is 0.667. The minimum Gasteiger partial charge on any atom is -0.487 e. The molecule has 1 aromatic rings. The summed E-state index contributed by atoms with van der Waals surface area (Å²) in [5.41, 5.74) is 8.57. The van der Waals surface area contributed by atoms with Gasteiger partial charge in [0.1, 0.15) is 18.0 Å². The van der Waals surface area contributed by atoms with Gasteiger partial charge in [-0.25, -0.2) is 0 Å². The van der Waals surface area contributed by atoms with Gasteiger partial charge >= 0.3 is 0 Å². The van der Waals surface area contributed by atoms with E-state index in [0.29, 0.717) is 0 Å². The second-order valence-corrected chi connectivity index (χ2v) is 7.14. The van der Waals surface area contributed by atoms with Crippen LogP contribution in [0.1, 0.15) is 51.7 Å². The van der Waals surface area contributed by atoms with Crippen molar-refractivity contribution in [1.82, 2.24) is 0 Å².